The predicted molar refractivity (Wildman–Crippen MR) is 129 cm³/mol. The number of nitrogens with zero attached hydrogens (tertiary/aromatic N) is 1. The van der Waals surface area contributed by atoms with E-state index in [2.05, 4.69) is 28.1 Å². The molecular formula is C24H27ClN2O3S. The van der Waals surface area contributed by atoms with Crippen LogP contribution in [0.25, 0.3) is 16.5 Å². The third-order valence-corrected chi connectivity index (χ3v) is 6.47. The lowest BCUT2D eigenvalue weighted by Gasteiger charge is -2.16. The summed E-state index contributed by atoms with van der Waals surface area (Å²) in [4.78, 5) is 14.0. The van der Waals surface area contributed by atoms with Gasteiger partial charge >= 0.3 is 5.97 Å². The molecule has 0 bridgehead atoms. The van der Waals surface area contributed by atoms with Gasteiger partial charge in [0.1, 0.15) is 5.75 Å². The zero-order chi connectivity index (χ0) is 21.1. The lowest BCUT2D eigenvalue weighted by atomic mass is 9.97. The highest BCUT2D eigenvalue weighted by atomic mass is 35.5. The van der Waals surface area contributed by atoms with Crippen LogP contribution in [-0.2, 0) is 17.5 Å². The van der Waals surface area contributed by atoms with Crippen LogP contribution in [0.5, 0.6) is 5.75 Å². The van der Waals surface area contributed by atoms with Gasteiger partial charge in [0, 0.05) is 46.4 Å². The summed E-state index contributed by atoms with van der Waals surface area (Å²) in [6, 6.07) is 13.8. The molecule has 0 fully saturated rings. The van der Waals surface area contributed by atoms with E-state index in [1.165, 1.54) is 0 Å². The van der Waals surface area contributed by atoms with Crippen LogP contribution >= 0.6 is 24.2 Å². The molecule has 0 aliphatic carbocycles. The first-order valence-corrected chi connectivity index (χ1v) is 11.2. The molecule has 31 heavy (non-hydrogen) atoms. The zero-order valence-electron chi connectivity index (χ0n) is 17.7. The van der Waals surface area contributed by atoms with E-state index in [4.69, 9.17) is 4.74 Å². The van der Waals surface area contributed by atoms with Gasteiger partial charge in [0.2, 0.25) is 0 Å². The van der Waals surface area contributed by atoms with Gasteiger partial charge in [-0.25, -0.2) is 4.79 Å². The molecule has 0 atom stereocenters. The second-order valence-corrected chi connectivity index (χ2v) is 8.32. The summed E-state index contributed by atoms with van der Waals surface area (Å²) in [5.41, 5.74) is 4.33. The molecule has 0 radical (unpaired) electrons. The zero-order valence-corrected chi connectivity index (χ0v) is 19.3. The highest BCUT2D eigenvalue weighted by Crippen LogP contribution is 2.37. The number of rotatable bonds is 6. The van der Waals surface area contributed by atoms with E-state index in [0.29, 0.717) is 17.9 Å². The van der Waals surface area contributed by atoms with Crippen LogP contribution in [-0.4, -0.2) is 35.3 Å². The highest BCUT2D eigenvalue weighted by molar-refractivity contribution is 7.98. The molecule has 2 N–H and O–H groups in total. The van der Waals surface area contributed by atoms with E-state index in [1.54, 1.807) is 24.8 Å². The maximum absolute atomic E-state index is 12.9. The highest BCUT2D eigenvalue weighted by Gasteiger charge is 2.24. The van der Waals surface area contributed by atoms with Crippen LogP contribution in [0, 0.1) is 0 Å². The normalized spacial score (nSPS) is 13.5. The van der Waals surface area contributed by atoms with Crippen molar-refractivity contribution in [1.29, 1.82) is 0 Å². The van der Waals surface area contributed by atoms with E-state index in [-0.39, 0.29) is 24.1 Å². The monoisotopic (exact) mass is 458 g/mol. The number of phenolic OH excluding ortho intramolecular Hbond substituents is 1. The summed E-state index contributed by atoms with van der Waals surface area (Å²) in [6.07, 6.45) is 2.98. The van der Waals surface area contributed by atoms with Gasteiger partial charge in [-0.1, -0.05) is 24.3 Å². The maximum atomic E-state index is 12.9. The van der Waals surface area contributed by atoms with Gasteiger partial charge in [0.05, 0.1) is 12.2 Å². The molecule has 0 unspecified atom stereocenters. The van der Waals surface area contributed by atoms with Gasteiger partial charge in [0.25, 0.3) is 0 Å². The molecule has 1 aliphatic rings. The van der Waals surface area contributed by atoms with Crippen molar-refractivity contribution in [2.24, 2.45) is 7.05 Å². The minimum absolute atomic E-state index is 0. The molecule has 164 valence electrons. The lowest BCUT2D eigenvalue weighted by molar-refractivity contribution is 0.0527. The van der Waals surface area contributed by atoms with Crippen molar-refractivity contribution in [3.05, 3.63) is 65.4 Å². The maximum Gasteiger partial charge on any atom is 0.340 e. The van der Waals surface area contributed by atoms with Gasteiger partial charge in [-0.05, 0) is 49.7 Å². The smallest absolute Gasteiger partial charge is 0.340 e. The fourth-order valence-corrected chi connectivity index (χ4v) is 4.91. The molecule has 0 amide bonds. The van der Waals surface area contributed by atoms with E-state index in [0.717, 1.165) is 52.1 Å². The minimum atomic E-state index is -0.347. The van der Waals surface area contributed by atoms with Crippen molar-refractivity contribution in [3.63, 3.8) is 0 Å². The molecule has 1 aromatic heterocycles. The third kappa shape index (κ3) is 4.76. The van der Waals surface area contributed by atoms with Crippen LogP contribution < -0.4 is 5.32 Å². The van der Waals surface area contributed by atoms with Crippen LogP contribution in [0.3, 0.4) is 0 Å². The standard InChI is InChI=1S/C24H26N2O3S.ClH/c1-3-29-24(28)23-19-14-22(27)18(16-9-11-25-12-10-16)13-20(19)26(2)21(23)15-30-17-7-5-4-6-8-17;/h4-9,13-14,25,27H,3,10-12,15H2,1-2H3;1H. The summed E-state index contributed by atoms with van der Waals surface area (Å²) in [6.45, 7) is 3.81. The Labute approximate surface area is 192 Å². The average molecular weight is 459 g/mol. The van der Waals surface area contributed by atoms with Crippen molar-refractivity contribution < 1.29 is 14.6 Å². The Kier molecular flexibility index (Phi) is 7.70. The number of nitrogens with one attached hydrogen (secondary N) is 1. The topological polar surface area (TPSA) is 63.5 Å². The Morgan fingerprint density at radius 2 is 2.03 bits per heavy atom. The van der Waals surface area contributed by atoms with E-state index in [9.17, 15) is 9.90 Å². The number of aromatic hydroxyl groups is 1. The number of halogens is 1. The molecule has 5 nitrogen and oxygen atoms in total. The molecule has 4 rings (SSSR count). The Bertz CT molecular complexity index is 1110. The largest absolute Gasteiger partial charge is 0.507 e. The number of carbonyl (C=O) groups excluding carboxylic acids is 1. The summed E-state index contributed by atoms with van der Waals surface area (Å²) in [7, 11) is 1.98. The Morgan fingerprint density at radius 1 is 1.26 bits per heavy atom. The molecule has 3 aromatic rings. The molecule has 0 saturated carbocycles. The number of phenols is 1. The third-order valence-electron chi connectivity index (χ3n) is 5.45. The number of hydrogen-bond acceptors (Lipinski definition) is 5. The number of ether oxygens (including phenoxy) is 1. The van der Waals surface area contributed by atoms with Crippen molar-refractivity contribution in [2.75, 3.05) is 19.7 Å². The van der Waals surface area contributed by atoms with Crippen LogP contribution in [0.1, 0.15) is 35.0 Å². The van der Waals surface area contributed by atoms with Gasteiger partial charge in [-0.15, -0.1) is 24.2 Å². The Balaban J connectivity index is 0.00000272. The first-order valence-electron chi connectivity index (χ1n) is 10.2. The van der Waals surface area contributed by atoms with Crippen LogP contribution in [0.15, 0.2) is 53.4 Å². The Hall–Kier alpha value is -2.41. The number of aryl methyl sites for hydroxylation is 1. The van der Waals surface area contributed by atoms with Gasteiger partial charge in [0.15, 0.2) is 0 Å². The van der Waals surface area contributed by atoms with Gasteiger partial charge in [-0.3, -0.25) is 0 Å². The fraction of sp³-hybridized carbons (Fsp3) is 0.292. The first kappa shape index (κ1) is 23.3. The molecule has 0 saturated heterocycles. The fourth-order valence-electron chi connectivity index (χ4n) is 3.92. The molecule has 7 heteroatoms. The van der Waals surface area contributed by atoms with E-state index >= 15 is 0 Å². The quantitative estimate of drug-likeness (QED) is 0.395. The number of benzene rings is 2. The molecule has 2 heterocycles. The summed E-state index contributed by atoms with van der Waals surface area (Å²) in [5.74, 6) is 0.487. The molecular weight excluding hydrogens is 432 g/mol. The minimum Gasteiger partial charge on any atom is -0.507 e. The summed E-state index contributed by atoms with van der Waals surface area (Å²) < 4.78 is 7.42. The van der Waals surface area contributed by atoms with Crippen molar-refractivity contribution >= 4 is 46.6 Å². The lowest BCUT2D eigenvalue weighted by Crippen LogP contribution is -2.20. The predicted octanol–water partition coefficient (Wildman–Crippen LogP) is 5.15. The number of aromatic nitrogens is 1. The van der Waals surface area contributed by atoms with Crippen molar-refractivity contribution in [2.45, 2.75) is 24.0 Å². The summed E-state index contributed by atoms with van der Waals surface area (Å²) >= 11 is 1.68. The number of carbonyl (C=O) groups is 1. The number of esters is 1. The van der Waals surface area contributed by atoms with Crippen molar-refractivity contribution in [3.8, 4) is 5.75 Å². The van der Waals surface area contributed by atoms with Gasteiger partial charge in [-0.2, -0.15) is 0 Å². The van der Waals surface area contributed by atoms with E-state index in [1.807, 2.05) is 31.3 Å². The summed E-state index contributed by atoms with van der Waals surface area (Å²) in [5, 5.41) is 14.8. The SMILES string of the molecule is CCOC(=O)c1c(CSc2ccccc2)n(C)c2cc(C3=CCNCC3)c(O)cc12.Cl. The van der Waals surface area contributed by atoms with E-state index < -0.39 is 0 Å². The average Bonchev–Trinajstić information content (AvgIpc) is 3.04. The second-order valence-electron chi connectivity index (χ2n) is 7.27. The number of hydrogen-bond donors (Lipinski definition) is 2. The molecule has 0 spiro atoms. The van der Waals surface area contributed by atoms with Gasteiger partial charge < -0.3 is 19.7 Å². The van der Waals surface area contributed by atoms with Crippen LogP contribution in [0.4, 0.5) is 0 Å². The number of thioether (sulfide) groups is 1. The first-order chi connectivity index (χ1) is 14.6. The van der Waals surface area contributed by atoms with Crippen LogP contribution in [0.2, 0.25) is 0 Å². The Morgan fingerprint density at radius 3 is 2.71 bits per heavy atom. The second kappa shape index (κ2) is 10.3. The van der Waals surface area contributed by atoms with Crippen molar-refractivity contribution in [1.82, 2.24) is 9.88 Å². The molecule has 2 aromatic carbocycles. The number of fused-ring (bicyclic) bond motifs is 1. The molecule has 1 aliphatic heterocycles.